The van der Waals surface area contributed by atoms with Crippen LogP contribution in [0.2, 0.25) is 0 Å². The zero-order valence-electron chi connectivity index (χ0n) is 16.1. The molecule has 1 aromatic rings. The molecule has 0 aromatic carbocycles. The van der Waals surface area contributed by atoms with Gasteiger partial charge >= 0.3 is 0 Å². The second kappa shape index (κ2) is 8.09. The van der Waals surface area contributed by atoms with Gasteiger partial charge in [0, 0.05) is 19.6 Å². The molecule has 0 amide bonds. The number of rotatable bonds is 8. The Bertz CT molecular complexity index is 657. The fourth-order valence-electron chi connectivity index (χ4n) is 3.44. The van der Waals surface area contributed by atoms with Crippen molar-refractivity contribution in [1.82, 2.24) is 29.4 Å². The van der Waals surface area contributed by atoms with Gasteiger partial charge in [0.1, 0.15) is 0 Å². The van der Waals surface area contributed by atoms with Crippen LogP contribution >= 0.6 is 0 Å². The molecule has 2 rings (SSSR count). The Balaban J connectivity index is 2.35. The van der Waals surface area contributed by atoms with Gasteiger partial charge in [0.2, 0.25) is 10.0 Å². The van der Waals surface area contributed by atoms with E-state index < -0.39 is 15.6 Å². The molecule has 1 fully saturated rings. The van der Waals surface area contributed by atoms with Gasteiger partial charge in [-0.2, -0.15) is 4.31 Å². The summed E-state index contributed by atoms with van der Waals surface area (Å²) in [5, 5.41) is 12.4. The first kappa shape index (κ1) is 20.3. The number of nitrogens with zero attached hydrogens (tertiary/aromatic N) is 6. The van der Waals surface area contributed by atoms with E-state index in [-0.39, 0.29) is 5.75 Å². The third-order valence-electron chi connectivity index (χ3n) is 5.01. The van der Waals surface area contributed by atoms with Crippen molar-refractivity contribution in [3.63, 3.8) is 0 Å². The lowest BCUT2D eigenvalue weighted by Gasteiger charge is -2.45. The van der Waals surface area contributed by atoms with Crippen molar-refractivity contribution in [1.29, 1.82) is 0 Å². The minimum Gasteiger partial charge on any atom is -0.296 e. The fourth-order valence-corrected chi connectivity index (χ4v) is 5.03. The van der Waals surface area contributed by atoms with Crippen LogP contribution in [0.3, 0.4) is 0 Å². The Hall–Kier alpha value is -1.06. The highest BCUT2D eigenvalue weighted by Crippen LogP contribution is 2.35. The van der Waals surface area contributed by atoms with E-state index >= 15 is 0 Å². The van der Waals surface area contributed by atoms with E-state index in [1.54, 1.807) is 4.31 Å². The smallest absolute Gasteiger partial charge is 0.214 e. The summed E-state index contributed by atoms with van der Waals surface area (Å²) in [6, 6.07) is 0. The monoisotopic (exact) mass is 372 g/mol. The van der Waals surface area contributed by atoms with Gasteiger partial charge in [0.05, 0.1) is 11.3 Å². The first-order valence-corrected chi connectivity index (χ1v) is 10.8. The molecule has 0 aliphatic carbocycles. The lowest BCUT2D eigenvalue weighted by molar-refractivity contribution is 0.0637. The maximum absolute atomic E-state index is 12.6. The van der Waals surface area contributed by atoms with E-state index in [0.29, 0.717) is 25.4 Å². The third-order valence-corrected chi connectivity index (χ3v) is 7.04. The normalized spacial score (nSPS) is 22.8. The van der Waals surface area contributed by atoms with Crippen LogP contribution < -0.4 is 0 Å². The van der Waals surface area contributed by atoms with E-state index in [1.165, 1.54) is 0 Å². The predicted molar refractivity (Wildman–Crippen MR) is 97.5 cm³/mol. The van der Waals surface area contributed by atoms with E-state index in [9.17, 15) is 8.42 Å². The van der Waals surface area contributed by atoms with Gasteiger partial charge in [-0.15, -0.1) is 5.10 Å². The summed E-state index contributed by atoms with van der Waals surface area (Å²) in [6.45, 7) is 7.97. The fraction of sp³-hybridized carbons (Fsp3) is 0.938. The first-order valence-electron chi connectivity index (χ1n) is 9.15. The van der Waals surface area contributed by atoms with Crippen molar-refractivity contribution in [3.8, 4) is 0 Å². The van der Waals surface area contributed by atoms with Gasteiger partial charge in [0.15, 0.2) is 5.82 Å². The first-order chi connectivity index (χ1) is 11.7. The molecule has 0 saturated carbocycles. The van der Waals surface area contributed by atoms with Crippen LogP contribution in [-0.4, -0.2) is 70.8 Å². The Kier molecular flexibility index (Phi) is 6.56. The molecule has 1 saturated heterocycles. The van der Waals surface area contributed by atoms with Crippen LogP contribution in [0.4, 0.5) is 0 Å². The number of hydrogen-bond acceptors (Lipinski definition) is 6. The van der Waals surface area contributed by atoms with Crippen LogP contribution in [0.5, 0.6) is 0 Å². The van der Waals surface area contributed by atoms with Crippen LogP contribution in [0.1, 0.15) is 52.3 Å². The summed E-state index contributed by atoms with van der Waals surface area (Å²) in [4.78, 5) is 2.08. The SMILES string of the molecule is CCCS(=O)(=O)N1CCCC(c2nnnn2CCC(C)C)(N(C)C)C1. The van der Waals surface area contributed by atoms with Crippen molar-refractivity contribution in [2.75, 3.05) is 32.9 Å². The lowest BCUT2D eigenvalue weighted by atomic mass is 9.87. The number of sulfonamides is 1. The highest BCUT2D eigenvalue weighted by molar-refractivity contribution is 7.89. The van der Waals surface area contributed by atoms with E-state index in [1.807, 2.05) is 25.7 Å². The molecule has 1 unspecified atom stereocenters. The number of aryl methyl sites for hydroxylation is 1. The minimum absolute atomic E-state index is 0.189. The van der Waals surface area contributed by atoms with Crippen LogP contribution in [0, 0.1) is 5.92 Å². The lowest BCUT2D eigenvalue weighted by Crippen LogP contribution is -2.56. The Morgan fingerprint density at radius 3 is 2.64 bits per heavy atom. The molecule has 2 heterocycles. The summed E-state index contributed by atoms with van der Waals surface area (Å²) in [7, 11) is 0.728. The second-order valence-electron chi connectivity index (χ2n) is 7.59. The van der Waals surface area contributed by atoms with Crippen molar-refractivity contribution in [2.24, 2.45) is 5.92 Å². The largest absolute Gasteiger partial charge is 0.296 e. The quantitative estimate of drug-likeness (QED) is 0.684. The molecule has 0 N–H and O–H groups in total. The zero-order valence-corrected chi connectivity index (χ0v) is 17.0. The topological polar surface area (TPSA) is 84.2 Å². The second-order valence-corrected chi connectivity index (χ2v) is 9.68. The summed E-state index contributed by atoms with van der Waals surface area (Å²) in [6.07, 6.45) is 3.26. The highest BCUT2D eigenvalue weighted by atomic mass is 32.2. The number of aromatic nitrogens is 4. The Labute approximate surface area is 151 Å². The van der Waals surface area contributed by atoms with E-state index in [4.69, 9.17) is 0 Å². The zero-order chi connectivity index (χ0) is 18.7. The van der Waals surface area contributed by atoms with Crippen molar-refractivity contribution in [2.45, 2.75) is 58.5 Å². The molecule has 1 atom stereocenters. The minimum atomic E-state index is -3.24. The molecule has 8 nitrogen and oxygen atoms in total. The summed E-state index contributed by atoms with van der Waals surface area (Å²) >= 11 is 0. The molecule has 1 aliphatic heterocycles. The number of hydrogen-bond donors (Lipinski definition) is 0. The van der Waals surface area contributed by atoms with Gasteiger partial charge in [-0.1, -0.05) is 20.8 Å². The van der Waals surface area contributed by atoms with Gasteiger partial charge in [-0.25, -0.2) is 13.1 Å². The number of likely N-dealkylation sites (N-methyl/N-ethyl adjacent to an activating group) is 1. The van der Waals surface area contributed by atoms with Crippen molar-refractivity contribution in [3.05, 3.63) is 5.82 Å². The molecule has 0 bridgehead atoms. The molecular weight excluding hydrogens is 340 g/mol. The van der Waals surface area contributed by atoms with Crippen LogP contribution in [-0.2, 0) is 22.1 Å². The summed E-state index contributed by atoms with van der Waals surface area (Å²) in [5.41, 5.74) is -0.487. The van der Waals surface area contributed by atoms with Gasteiger partial charge in [-0.05, 0) is 56.1 Å². The molecule has 1 aromatic heterocycles. The molecule has 144 valence electrons. The van der Waals surface area contributed by atoms with Gasteiger partial charge < -0.3 is 0 Å². The van der Waals surface area contributed by atoms with Crippen molar-refractivity contribution >= 4 is 10.0 Å². The van der Waals surface area contributed by atoms with Crippen LogP contribution in [0.25, 0.3) is 0 Å². The van der Waals surface area contributed by atoms with Gasteiger partial charge in [0.25, 0.3) is 0 Å². The summed E-state index contributed by atoms with van der Waals surface area (Å²) in [5.74, 6) is 1.52. The Morgan fingerprint density at radius 1 is 1.32 bits per heavy atom. The van der Waals surface area contributed by atoms with E-state index in [2.05, 4.69) is 34.3 Å². The average Bonchev–Trinajstić information content (AvgIpc) is 3.01. The highest BCUT2D eigenvalue weighted by Gasteiger charge is 2.46. The summed E-state index contributed by atoms with van der Waals surface area (Å²) < 4.78 is 28.7. The third kappa shape index (κ3) is 4.38. The maximum atomic E-state index is 12.6. The molecule has 0 spiro atoms. The number of tetrazole rings is 1. The molecule has 25 heavy (non-hydrogen) atoms. The van der Waals surface area contributed by atoms with Gasteiger partial charge in [-0.3, -0.25) is 4.90 Å². The Morgan fingerprint density at radius 2 is 2.04 bits per heavy atom. The predicted octanol–water partition coefficient (Wildman–Crippen LogP) is 1.31. The molecule has 0 radical (unpaired) electrons. The van der Waals surface area contributed by atoms with E-state index in [0.717, 1.165) is 31.6 Å². The van der Waals surface area contributed by atoms with Crippen LogP contribution in [0.15, 0.2) is 0 Å². The standard InChI is InChI=1S/C16H32N6O2S/c1-6-12-25(23,24)21-10-7-9-16(13-21,20(4)5)15-17-18-19-22(15)11-8-14(2)3/h14H,6-13H2,1-5H3. The average molecular weight is 373 g/mol. The number of piperidine rings is 1. The molecule has 9 heteroatoms. The molecule has 1 aliphatic rings. The molecular formula is C16H32N6O2S. The maximum Gasteiger partial charge on any atom is 0.214 e. The van der Waals surface area contributed by atoms with Crippen molar-refractivity contribution < 1.29 is 8.42 Å².